The molecule has 0 spiro atoms. The van der Waals surface area contributed by atoms with Gasteiger partial charge in [-0.05, 0) is 18.6 Å². The van der Waals surface area contributed by atoms with Crippen LogP contribution in [0.2, 0.25) is 10.0 Å². The molecule has 1 rings (SSSR count). The number of allylic oxidation sites excluding steroid dienone is 1. The third-order valence-electron chi connectivity index (χ3n) is 1.70. The molecule has 0 atom stereocenters. The van der Waals surface area contributed by atoms with Gasteiger partial charge in [0.2, 0.25) is 0 Å². The van der Waals surface area contributed by atoms with E-state index in [9.17, 15) is 4.79 Å². The average Bonchev–Trinajstić information content (AvgIpc) is 2.20. The first kappa shape index (κ1) is 13.6. The number of aromatic nitrogens is 1. The molecule has 86 valence electrons. The van der Waals surface area contributed by atoms with E-state index in [4.69, 9.17) is 23.2 Å². The zero-order valence-electron chi connectivity index (χ0n) is 8.74. The smallest absolute Gasteiger partial charge is 0.185 e. The summed E-state index contributed by atoms with van der Waals surface area (Å²) in [5.41, 5.74) is 0.693. The number of nitrogens with zero attached hydrogens (tertiary/aromatic N) is 1. The molecule has 0 bridgehead atoms. The Morgan fingerprint density at radius 2 is 2.31 bits per heavy atom. The fourth-order valence-electron chi connectivity index (χ4n) is 1.01. The molecule has 0 aliphatic rings. The lowest BCUT2D eigenvalue weighted by atomic mass is 10.3. The average molecular weight is 276 g/mol. The first-order chi connectivity index (χ1) is 7.59. The molecule has 0 radical (unpaired) electrons. The van der Waals surface area contributed by atoms with E-state index in [1.807, 2.05) is 12.2 Å². The molecule has 0 fully saturated rings. The molecular formula is C11H11Cl2NOS. The van der Waals surface area contributed by atoms with Crippen LogP contribution in [-0.4, -0.2) is 15.9 Å². The van der Waals surface area contributed by atoms with E-state index in [1.165, 1.54) is 11.8 Å². The minimum atomic E-state index is 0.135. The van der Waals surface area contributed by atoms with Crippen molar-refractivity contribution in [3.63, 3.8) is 0 Å². The van der Waals surface area contributed by atoms with E-state index in [0.29, 0.717) is 15.7 Å². The van der Waals surface area contributed by atoms with Crippen LogP contribution in [0.5, 0.6) is 0 Å². The number of pyridine rings is 1. The van der Waals surface area contributed by atoms with Crippen LogP contribution in [0.1, 0.15) is 19.0 Å². The molecule has 0 aromatic carbocycles. The second-order valence-corrected chi connectivity index (χ2v) is 5.17. The van der Waals surface area contributed by atoms with Gasteiger partial charge in [-0.1, -0.05) is 41.0 Å². The van der Waals surface area contributed by atoms with E-state index < -0.39 is 0 Å². The largest absolute Gasteiger partial charge is 0.288 e. The van der Waals surface area contributed by atoms with Crippen molar-refractivity contribution >= 4 is 46.2 Å². The number of halogens is 2. The maximum absolute atomic E-state index is 10.7. The SMILES string of the molecule is CC(=O)SCCC=Cc1ncc(Cl)cc1Cl. The van der Waals surface area contributed by atoms with Gasteiger partial charge in [0.05, 0.1) is 15.7 Å². The minimum absolute atomic E-state index is 0.135. The van der Waals surface area contributed by atoms with Gasteiger partial charge in [0.15, 0.2) is 5.12 Å². The summed E-state index contributed by atoms with van der Waals surface area (Å²) in [6, 6.07) is 1.65. The Kier molecular flexibility index (Phi) is 5.88. The van der Waals surface area contributed by atoms with Gasteiger partial charge in [0, 0.05) is 18.9 Å². The normalized spacial score (nSPS) is 10.9. The molecule has 0 N–H and O–H groups in total. The van der Waals surface area contributed by atoms with E-state index in [0.717, 1.165) is 12.2 Å². The Balaban J connectivity index is 2.47. The topological polar surface area (TPSA) is 30.0 Å². The molecule has 5 heteroatoms. The quantitative estimate of drug-likeness (QED) is 0.776. The number of rotatable bonds is 4. The molecule has 1 heterocycles. The van der Waals surface area contributed by atoms with Crippen molar-refractivity contribution in [3.05, 3.63) is 34.1 Å². The summed E-state index contributed by atoms with van der Waals surface area (Å²) < 4.78 is 0. The molecule has 1 aromatic heterocycles. The van der Waals surface area contributed by atoms with Crippen molar-refractivity contribution in [3.8, 4) is 0 Å². The minimum Gasteiger partial charge on any atom is -0.288 e. The van der Waals surface area contributed by atoms with Gasteiger partial charge in [0.25, 0.3) is 0 Å². The van der Waals surface area contributed by atoms with Gasteiger partial charge < -0.3 is 0 Å². The van der Waals surface area contributed by atoms with Crippen molar-refractivity contribution in [1.82, 2.24) is 4.98 Å². The number of hydrogen-bond donors (Lipinski definition) is 0. The van der Waals surface area contributed by atoms with Crippen LogP contribution in [-0.2, 0) is 4.79 Å². The molecule has 0 unspecified atom stereocenters. The molecular weight excluding hydrogens is 265 g/mol. The Morgan fingerprint density at radius 1 is 1.56 bits per heavy atom. The van der Waals surface area contributed by atoms with Crippen LogP contribution < -0.4 is 0 Å². The maximum atomic E-state index is 10.7. The predicted molar refractivity (Wildman–Crippen MR) is 71.0 cm³/mol. The van der Waals surface area contributed by atoms with Gasteiger partial charge in [-0.15, -0.1) is 0 Å². The second kappa shape index (κ2) is 6.94. The highest BCUT2D eigenvalue weighted by Gasteiger charge is 1.98. The Labute approximate surface area is 109 Å². The van der Waals surface area contributed by atoms with Crippen molar-refractivity contribution < 1.29 is 4.79 Å². The number of hydrogen-bond acceptors (Lipinski definition) is 3. The molecule has 0 amide bonds. The van der Waals surface area contributed by atoms with Crippen LogP contribution in [0.25, 0.3) is 6.08 Å². The highest BCUT2D eigenvalue weighted by Crippen LogP contribution is 2.19. The van der Waals surface area contributed by atoms with E-state index >= 15 is 0 Å². The van der Waals surface area contributed by atoms with E-state index in [1.54, 1.807) is 19.2 Å². The third kappa shape index (κ3) is 5.01. The van der Waals surface area contributed by atoms with E-state index in [-0.39, 0.29) is 5.12 Å². The number of carbonyl (C=O) groups excluding carboxylic acids is 1. The fourth-order valence-corrected chi connectivity index (χ4v) is 2.00. The van der Waals surface area contributed by atoms with Crippen LogP contribution in [0.15, 0.2) is 18.3 Å². The van der Waals surface area contributed by atoms with Crippen LogP contribution in [0.3, 0.4) is 0 Å². The molecule has 0 saturated heterocycles. The standard InChI is InChI=1S/C11H11Cl2NOS/c1-8(15)16-5-3-2-4-11-10(13)6-9(12)7-14-11/h2,4,6-7H,3,5H2,1H3. The Bertz CT molecular complexity index is 407. The molecule has 0 aliphatic heterocycles. The van der Waals surface area contributed by atoms with Gasteiger partial charge in [-0.25, -0.2) is 0 Å². The summed E-state index contributed by atoms with van der Waals surface area (Å²) in [4.78, 5) is 14.7. The molecule has 0 aliphatic carbocycles. The Morgan fingerprint density at radius 3 is 2.94 bits per heavy atom. The lowest BCUT2D eigenvalue weighted by Gasteiger charge is -1.97. The summed E-state index contributed by atoms with van der Waals surface area (Å²) in [5, 5.41) is 1.19. The van der Waals surface area contributed by atoms with Gasteiger partial charge in [-0.2, -0.15) is 0 Å². The number of carbonyl (C=O) groups is 1. The Hall–Kier alpha value is -0.510. The molecule has 0 saturated carbocycles. The fraction of sp³-hybridized carbons (Fsp3) is 0.273. The lowest BCUT2D eigenvalue weighted by molar-refractivity contribution is -0.109. The summed E-state index contributed by atoms with van der Waals surface area (Å²) in [6.07, 6.45) is 6.14. The van der Waals surface area contributed by atoms with Crippen molar-refractivity contribution in [2.24, 2.45) is 0 Å². The van der Waals surface area contributed by atoms with Gasteiger partial charge in [0.1, 0.15) is 0 Å². The first-order valence-corrected chi connectivity index (χ1v) is 6.44. The summed E-state index contributed by atoms with van der Waals surface area (Å²) in [7, 11) is 0. The van der Waals surface area contributed by atoms with E-state index in [2.05, 4.69) is 4.98 Å². The third-order valence-corrected chi connectivity index (χ3v) is 3.06. The zero-order chi connectivity index (χ0) is 12.0. The summed E-state index contributed by atoms with van der Waals surface area (Å²) >= 11 is 13.0. The van der Waals surface area contributed by atoms with Crippen LogP contribution >= 0.6 is 35.0 Å². The molecule has 16 heavy (non-hydrogen) atoms. The second-order valence-electron chi connectivity index (χ2n) is 3.05. The summed E-state index contributed by atoms with van der Waals surface area (Å²) in [5.74, 6) is 0.775. The molecule has 2 nitrogen and oxygen atoms in total. The molecule has 1 aromatic rings. The van der Waals surface area contributed by atoms with Crippen molar-refractivity contribution in [1.29, 1.82) is 0 Å². The predicted octanol–water partition coefficient (Wildman–Crippen LogP) is 4.07. The highest BCUT2D eigenvalue weighted by molar-refractivity contribution is 8.13. The first-order valence-electron chi connectivity index (χ1n) is 4.70. The van der Waals surface area contributed by atoms with Crippen LogP contribution in [0.4, 0.5) is 0 Å². The monoisotopic (exact) mass is 275 g/mol. The van der Waals surface area contributed by atoms with Gasteiger partial charge >= 0.3 is 0 Å². The maximum Gasteiger partial charge on any atom is 0.185 e. The van der Waals surface area contributed by atoms with Crippen molar-refractivity contribution in [2.45, 2.75) is 13.3 Å². The zero-order valence-corrected chi connectivity index (χ0v) is 11.1. The van der Waals surface area contributed by atoms with Gasteiger partial charge in [-0.3, -0.25) is 9.78 Å². The lowest BCUT2D eigenvalue weighted by Crippen LogP contribution is -1.85. The van der Waals surface area contributed by atoms with Crippen LogP contribution in [0, 0.1) is 0 Å². The number of thioether (sulfide) groups is 1. The highest BCUT2D eigenvalue weighted by atomic mass is 35.5. The summed E-state index contributed by atoms with van der Waals surface area (Å²) in [6.45, 7) is 1.56. The van der Waals surface area contributed by atoms with Crippen molar-refractivity contribution in [2.75, 3.05) is 5.75 Å².